The van der Waals surface area contributed by atoms with E-state index in [1.165, 1.54) is 10.9 Å². The molecule has 1 saturated heterocycles. The third-order valence-electron chi connectivity index (χ3n) is 4.10. The monoisotopic (exact) mass is 385 g/mol. The number of rotatable bonds is 7. The SMILES string of the molecule is O=S(=O)(NCCO)c1ccc(-c2nnn(CC3CCOCC3)n2)cc1F. The topological polar surface area (TPSA) is 119 Å². The van der Waals surface area contributed by atoms with Crippen molar-refractivity contribution in [2.75, 3.05) is 26.4 Å². The summed E-state index contributed by atoms with van der Waals surface area (Å²) in [6, 6.07) is 3.62. The van der Waals surface area contributed by atoms with Gasteiger partial charge in [-0.25, -0.2) is 17.5 Å². The molecule has 1 aromatic heterocycles. The third-order valence-corrected chi connectivity index (χ3v) is 5.59. The lowest BCUT2D eigenvalue weighted by Gasteiger charge is -2.20. The molecule has 0 radical (unpaired) electrons. The van der Waals surface area contributed by atoms with E-state index in [2.05, 4.69) is 20.1 Å². The number of ether oxygens (including phenoxy) is 1. The molecule has 1 aromatic carbocycles. The highest BCUT2D eigenvalue weighted by Crippen LogP contribution is 2.22. The van der Waals surface area contributed by atoms with Crippen LogP contribution in [0.25, 0.3) is 11.4 Å². The van der Waals surface area contributed by atoms with Crippen molar-refractivity contribution >= 4 is 10.0 Å². The molecule has 1 fully saturated rings. The number of aromatic nitrogens is 4. The summed E-state index contributed by atoms with van der Waals surface area (Å²) in [6.45, 7) is 1.48. The lowest BCUT2D eigenvalue weighted by Crippen LogP contribution is -2.27. The molecule has 0 amide bonds. The van der Waals surface area contributed by atoms with Crippen LogP contribution in [-0.4, -0.2) is 60.1 Å². The first kappa shape index (κ1) is 18.8. The van der Waals surface area contributed by atoms with Crippen LogP contribution >= 0.6 is 0 Å². The molecular weight excluding hydrogens is 365 g/mol. The molecule has 2 heterocycles. The van der Waals surface area contributed by atoms with Gasteiger partial charge in [0.05, 0.1) is 13.2 Å². The summed E-state index contributed by atoms with van der Waals surface area (Å²) >= 11 is 0. The van der Waals surface area contributed by atoms with Gasteiger partial charge in [0.1, 0.15) is 10.7 Å². The van der Waals surface area contributed by atoms with Gasteiger partial charge in [-0.15, -0.1) is 10.2 Å². The van der Waals surface area contributed by atoms with Crippen LogP contribution < -0.4 is 4.72 Å². The van der Waals surface area contributed by atoms with Crippen LogP contribution in [0.3, 0.4) is 0 Å². The number of benzene rings is 1. The third kappa shape index (κ3) is 4.41. The number of aliphatic hydroxyl groups excluding tert-OH is 1. The zero-order chi connectivity index (χ0) is 18.6. The molecule has 0 unspecified atom stereocenters. The number of aliphatic hydroxyl groups is 1. The minimum Gasteiger partial charge on any atom is -0.395 e. The Balaban J connectivity index is 1.75. The van der Waals surface area contributed by atoms with Crippen molar-refractivity contribution in [3.63, 3.8) is 0 Å². The number of sulfonamides is 1. The molecule has 2 aromatic rings. The van der Waals surface area contributed by atoms with Gasteiger partial charge in [0.25, 0.3) is 0 Å². The van der Waals surface area contributed by atoms with Gasteiger partial charge in [0.15, 0.2) is 0 Å². The Labute approximate surface area is 150 Å². The Hall–Kier alpha value is -1.95. The fourth-order valence-electron chi connectivity index (χ4n) is 2.71. The van der Waals surface area contributed by atoms with E-state index in [1.807, 2.05) is 0 Å². The molecule has 26 heavy (non-hydrogen) atoms. The molecule has 142 valence electrons. The van der Waals surface area contributed by atoms with Crippen molar-refractivity contribution in [2.24, 2.45) is 5.92 Å². The lowest BCUT2D eigenvalue weighted by atomic mass is 10.0. The lowest BCUT2D eigenvalue weighted by molar-refractivity contribution is 0.0586. The van der Waals surface area contributed by atoms with E-state index in [0.717, 1.165) is 38.2 Å². The Bertz CT molecular complexity index is 851. The van der Waals surface area contributed by atoms with Crippen LogP contribution in [0.5, 0.6) is 0 Å². The Morgan fingerprint density at radius 2 is 2.12 bits per heavy atom. The van der Waals surface area contributed by atoms with Crippen molar-refractivity contribution < 1.29 is 22.7 Å². The fourth-order valence-corrected chi connectivity index (χ4v) is 3.79. The van der Waals surface area contributed by atoms with Gasteiger partial charge in [-0.2, -0.15) is 4.80 Å². The smallest absolute Gasteiger partial charge is 0.243 e. The van der Waals surface area contributed by atoms with Crippen LogP contribution in [0, 0.1) is 11.7 Å². The maximum Gasteiger partial charge on any atom is 0.243 e. The summed E-state index contributed by atoms with van der Waals surface area (Å²) in [7, 11) is -4.02. The molecule has 0 bridgehead atoms. The molecule has 11 heteroatoms. The first-order valence-corrected chi connectivity index (χ1v) is 9.74. The van der Waals surface area contributed by atoms with Gasteiger partial charge in [-0.1, -0.05) is 0 Å². The molecule has 0 atom stereocenters. The quantitative estimate of drug-likeness (QED) is 0.697. The highest BCUT2D eigenvalue weighted by molar-refractivity contribution is 7.89. The first-order valence-electron chi connectivity index (χ1n) is 8.25. The Morgan fingerprint density at radius 1 is 1.35 bits per heavy atom. The van der Waals surface area contributed by atoms with Gasteiger partial charge >= 0.3 is 0 Å². The first-order chi connectivity index (χ1) is 12.5. The van der Waals surface area contributed by atoms with E-state index in [1.54, 1.807) is 0 Å². The zero-order valence-electron chi connectivity index (χ0n) is 14.0. The predicted molar refractivity (Wildman–Crippen MR) is 89.0 cm³/mol. The standard InChI is InChI=1S/C15H20FN5O4S/c16-13-9-12(1-2-14(13)26(23,24)17-5-6-22)15-18-20-21(19-15)10-11-3-7-25-8-4-11/h1-2,9,11,17,22H,3-8,10H2. The summed E-state index contributed by atoms with van der Waals surface area (Å²) in [4.78, 5) is 0.973. The van der Waals surface area contributed by atoms with Crippen molar-refractivity contribution in [3.8, 4) is 11.4 Å². The van der Waals surface area contributed by atoms with E-state index in [0.29, 0.717) is 18.0 Å². The van der Waals surface area contributed by atoms with Crippen molar-refractivity contribution in [1.29, 1.82) is 0 Å². The average Bonchev–Trinajstić information content (AvgIpc) is 3.09. The van der Waals surface area contributed by atoms with Crippen LogP contribution in [0.15, 0.2) is 23.1 Å². The summed E-state index contributed by atoms with van der Waals surface area (Å²) in [5.41, 5.74) is 0.335. The van der Waals surface area contributed by atoms with E-state index in [4.69, 9.17) is 9.84 Å². The number of hydrogen-bond donors (Lipinski definition) is 2. The molecule has 0 aliphatic carbocycles. The molecule has 1 aliphatic heterocycles. The minimum atomic E-state index is -4.02. The summed E-state index contributed by atoms with van der Waals surface area (Å²) in [5.74, 6) is -0.287. The highest BCUT2D eigenvalue weighted by Gasteiger charge is 2.20. The summed E-state index contributed by atoms with van der Waals surface area (Å²) in [6.07, 6.45) is 1.86. The molecule has 0 saturated carbocycles. The molecule has 1 aliphatic rings. The molecule has 3 rings (SSSR count). The van der Waals surface area contributed by atoms with E-state index in [9.17, 15) is 12.8 Å². The molecule has 9 nitrogen and oxygen atoms in total. The number of nitrogens with one attached hydrogen (secondary N) is 1. The predicted octanol–water partition coefficient (Wildman–Crippen LogP) is 0.176. The fraction of sp³-hybridized carbons (Fsp3) is 0.533. The maximum absolute atomic E-state index is 14.3. The number of halogens is 1. The number of hydrogen-bond acceptors (Lipinski definition) is 7. The van der Waals surface area contributed by atoms with E-state index >= 15 is 0 Å². The van der Waals surface area contributed by atoms with Crippen LogP contribution in [0.2, 0.25) is 0 Å². The molecular formula is C15H20FN5O4S. The number of nitrogens with zero attached hydrogens (tertiary/aromatic N) is 4. The summed E-state index contributed by atoms with van der Waals surface area (Å²) < 4.78 is 45.6. The second-order valence-electron chi connectivity index (χ2n) is 5.99. The van der Waals surface area contributed by atoms with Crippen LogP contribution in [-0.2, 0) is 21.3 Å². The van der Waals surface area contributed by atoms with Gasteiger partial charge < -0.3 is 9.84 Å². The second-order valence-corrected chi connectivity index (χ2v) is 7.73. The van der Waals surface area contributed by atoms with Crippen LogP contribution in [0.4, 0.5) is 4.39 Å². The van der Waals surface area contributed by atoms with Crippen molar-refractivity contribution in [2.45, 2.75) is 24.3 Å². The second kappa shape index (κ2) is 8.16. The van der Waals surface area contributed by atoms with E-state index in [-0.39, 0.29) is 19.0 Å². The van der Waals surface area contributed by atoms with Crippen molar-refractivity contribution in [1.82, 2.24) is 24.9 Å². The summed E-state index contributed by atoms with van der Waals surface area (Å²) in [5, 5.41) is 20.9. The normalized spacial score (nSPS) is 16.1. The van der Waals surface area contributed by atoms with Gasteiger partial charge in [0.2, 0.25) is 15.8 Å². The minimum absolute atomic E-state index is 0.189. The van der Waals surface area contributed by atoms with Gasteiger partial charge in [-0.05, 0) is 42.2 Å². The van der Waals surface area contributed by atoms with Crippen molar-refractivity contribution in [3.05, 3.63) is 24.0 Å². The molecule has 2 N–H and O–H groups in total. The Morgan fingerprint density at radius 3 is 2.81 bits per heavy atom. The largest absolute Gasteiger partial charge is 0.395 e. The molecule has 0 spiro atoms. The Kier molecular flexibility index (Phi) is 5.91. The zero-order valence-corrected chi connectivity index (χ0v) is 14.8. The van der Waals surface area contributed by atoms with Gasteiger partial charge in [0, 0.05) is 25.3 Å². The van der Waals surface area contributed by atoms with Crippen LogP contribution in [0.1, 0.15) is 12.8 Å². The van der Waals surface area contributed by atoms with E-state index < -0.39 is 20.7 Å². The highest BCUT2D eigenvalue weighted by atomic mass is 32.2. The average molecular weight is 385 g/mol. The number of tetrazole rings is 1. The van der Waals surface area contributed by atoms with Gasteiger partial charge in [-0.3, -0.25) is 0 Å². The maximum atomic E-state index is 14.3.